The minimum absolute atomic E-state index is 0.442. The molecule has 0 spiro atoms. The van der Waals surface area contributed by atoms with E-state index in [1.54, 1.807) is 18.3 Å². The molecular formula is C18H19F3N4O3S. The van der Waals surface area contributed by atoms with Crippen LogP contribution in [0.2, 0.25) is 0 Å². The number of benzene rings is 1. The van der Waals surface area contributed by atoms with E-state index < -0.39 is 39.1 Å². The van der Waals surface area contributed by atoms with Gasteiger partial charge >= 0.3 is 6.18 Å². The summed E-state index contributed by atoms with van der Waals surface area (Å²) in [5, 5.41) is 2.60. The Morgan fingerprint density at radius 3 is 2.55 bits per heavy atom. The topological polar surface area (TPSA) is 91.4 Å². The van der Waals surface area contributed by atoms with Crippen molar-refractivity contribution in [2.45, 2.75) is 23.9 Å². The highest BCUT2D eigenvalue weighted by Crippen LogP contribution is 2.30. The summed E-state index contributed by atoms with van der Waals surface area (Å²) in [6.45, 7) is 0.983. The molecule has 7 nitrogen and oxygen atoms in total. The lowest BCUT2D eigenvalue weighted by Gasteiger charge is -2.20. The van der Waals surface area contributed by atoms with Gasteiger partial charge in [0, 0.05) is 19.3 Å². The largest absolute Gasteiger partial charge is 0.416 e. The molecule has 2 heterocycles. The van der Waals surface area contributed by atoms with Crippen LogP contribution in [0, 0.1) is 0 Å². The molecule has 2 N–H and O–H groups in total. The fourth-order valence-corrected chi connectivity index (χ4v) is 3.98. The van der Waals surface area contributed by atoms with Crippen LogP contribution in [-0.4, -0.2) is 38.9 Å². The predicted molar refractivity (Wildman–Crippen MR) is 101 cm³/mol. The molecule has 1 aliphatic heterocycles. The Morgan fingerprint density at radius 2 is 1.86 bits per heavy atom. The molecule has 1 aromatic heterocycles. The van der Waals surface area contributed by atoms with E-state index in [2.05, 4.69) is 10.3 Å². The van der Waals surface area contributed by atoms with E-state index in [4.69, 9.17) is 0 Å². The van der Waals surface area contributed by atoms with Crippen LogP contribution in [0.25, 0.3) is 0 Å². The summed E-state index contributed by atoms with van der Waals surface area (Å²) in [6, 6.07) is 6.61. The maximum absolute atomic E-state index is 12.8. The summed E-state index contributed by atoms with van der Waals surface area (Å²) in [7, 11) is -4.29. The number of nitrogens with one attached hydrogen (secondary N) is 2. The standard InChI is InChI=1S/C18H19F3N4O3S/c19-18(20,21)13-5-3-6-14(11-13)29(27,28)23-12-16(26)24-15-7-4-8-22-17(15)25-9-1-2-10-25/h3-8,11,23H,1-2,9-10,12H2,(H,24,26). The van der Waals surface area contributed by atoms with Crippen LogP contribution in [0.1, 0.15) is 18.4 Å². The van der Waals surface area contributed by atoms with Crippen molar-refractivity contribution in [2.75, 3.05) is 29.9 Å². The van der Waals surface area contributed by atoms with Gasteiger partial charge in [-0.15, -0.1) is 0 Å². The van der Waals surface area contributed by atoms with Gasteiger partial charge in [-0.25, -0.2) is 18.1 Å². The monoisotopic (exact) mass is 428 g/mol. The van der Waals surface area contributed by atoms with E-state index in [-0.39, 0.29) is 0 Å². The number of halogens is 3. The molecule has 156 valence electrons. The van der Waals surface area contributed by atoms with Crippen LogP contribution in [-0.2, 0) is 21.0 Å². The number of amides is 1. The van der Waals surface area contributed by atoms with E-state index >= 15 is 0 Å². The number of hydrogen-bond acceptors (Lipinski definition) is 5. The number of pyridine rings is 1. The third-order valence-electron chi connectivity index (χ3n) is 4.36. The molecule has 0 atom stereocenters. The Morgan fingerprint density at radius 1 is 1.14 bits per heavy atom. The molecule has 0 unspecified atom stereocenters. The van der Waals surface area contributed by atoms with Crippen molar-refractivity contribution in [3.63, 3.8) is 0 Å². The minimum Gasteiger partial charge on any atom is -0.355 e. The lowest BCUT2D eigenvalue weighted by Crippen LogP contribution is -2.33. The number of nitrogens with zero attached hydrogens (tertiary/aromatic N) is 2. The van der Waals surface area contributed by atoms with Crippen molar-refractivity contribution >= 4 is 27.4 Å². The number of carbonyl (C=O) groups excluding carboxylic acids is 1. The SMILES string of the molecule is O=C(CNS(=O)(=O)c1cccc(C(F)(F)F)c1)Nc1cccnc1N1CCCC1. The average Bonchev–Trinajstić information content (AvgIpc) is 3.21. The highest BCUT2D eigenvalue weighted by Gasteiger charge is 2.31. The van der Waals surface area contributed by atoms with Gasteiger partial charge in [0.25, 0.3) is 0 Å². The van der Waals surface area contributed by atoms with Crippen LogP contribution in [0.15, 0.2) is 47.5 Å². The van der Waals surface area contributed by atoms with Gasteiger partial charge in [-0.2, -0.15) is 13.2 Å². The second-order valence-corrected chi connectivity index (χ2v) is 8.23. The van der Waals surface area contributed by atoms with E-state index in [9.17, 15) is 26.4 Å². The van der Waals surface area contributed by atoms with E-state index in [0.29, 0.717) is 17.6 Å². The van der Waals surface area contributed by atoms with E-state index in [0.717, 1.165) is 44.1 Å². The first kappa shape index (κ1) is 21.1. The normalized spacial score (nSPS) is 14.8. The number of hydrogen-bond donors (Lipinski definition) is 2. The first-order valence-electron chi connectivity index (χ1n) is 8.83. The van der Waals surface area contributed by atoms with Gasteiger partial charge < -0.3 is 10.2 Å². The van der Waals surface area contributed by atoms with Crippen molar-refractivity contribution in [3.05, 3.63) is 48.2 Å². The average molecular weight is 428 g/mol. The highest BCUT2D eigenvalue weighted by atomic mass is 32.2. The molecule has 2 aromatic rings. The van der Waals surface area contributed by atoms with Crippen molar-refractivity contribution < 1.29 is 26.4 Å². The smallest absolute Gasteiger partial charge is 0.355 e. The van der Waals surface area contributed by atoms with Crippen LogP contribution < -0.4 is 14.9 Å². The van der Waals surface area contributed by atoms with Gasteiger partial charge in [0.2, 0.25) is 15.9 Å². The molecule has 0 radical (unpaired) electrons. The predicted octanol–water partition coefficient (Wildman–Crippen LogP) is 2.62. The lowest BCUT2D eigenvalue weighted by molar-refractivity contribution is -0.137. The van der Waals surface area contributed by atoms with E-state index in [1.165, 1.54) is 0 Å². The van der Waals surface area contributed by atoms with Gasteiger partial charge in [0.15, 0.2) is 5.82 Å². The van der Waals surface area contributed by atoms with Gasteiger partial charge in [0.05, 0.1) is 22.7 Å². The molecule has 29 heavy (non-hydrogen) atoms. The first-order valence-corrected chi connectivity index (χ1v) is 10.3. The second-order valence-electron chi connectivity index (χ2n) is 6.47. The summed E-state index contributed by atoms with van der Waals surface area (Å²) in [6.07, 6.45) is -1.05. The van der Waals surface area contributed by atoms with Gasteiger partial charge in [0.1, 0.15) is 0 Å². The number of aromatic nitrogens is 1. The molecule has 1 aliphatic rings. The van der Waals surface area contributed by atoms with Crippen LogP contribution in [0.4, 0.5) is 24.7 Å². The van der Waals surface area contributed by atoms with Crippen LogP contribution >= 0.6 is 0 Å². The molecule has 0 bridgehead atoms. The van der Waals surface area contributed by atoms with Gasteiger partial charge in [-0.1, -0.05) is 6.07 Å². The number of alkyl halides is 3. The Balaban J connectivity index is 1.67. The fourth-order valence-electron chi connectivity index (χ4n) is 2.95. The lowest BCUT2D eigenvalue weighted by atomic mass is 10.2. The van der Waals surface area contributed by atoms with Crippen molar-refractivity contribution in [1.29, 1.82) is 0 Å². The highest BCUT2D eigenvalue weighted by molar-refractivity contribution is 7.89. The van der Waals surface area contributed by atoms with Gasteiger partial charge in [-0.3, -0.25) is 4.79 Å². The van der Waals surface area contributed by atoms with Crippen molar-refractivity contribution in [3.8, 4) is 0 Å². The Labute approximate surface area is 166 Å². The van der Waals surface area contributed by atoms with Crippen molar-refractivity contribution in [2.24, 2.45) is 0 Å². The second kappa shape index (κ2) is 8.37. The summed E-state index contributed by atoms with van der Waals surface area (Å²) in [4.78, 5) is 17.9. The third-order valence-corrected chi connectivity index (χ3v) is 5.76. The minimum atomic E-state index is -4.67. The Hall–Kier alpha value is -2.66. The maximum atomic E-state index is 12.8. The summed E-state index contributed by atoms with van der Waals surface area (Å²) in [5.41, 5.74) is -0.645. The molecule has 1 fully saturated rings. The molecule has 3 rings (SSSR count). The molecule has 11 heteroatoms. The molecule has 1 saturated heterocycles. The molecule has 1 amide bonds. The number of sulfonamides is 1. The van der Waals surface area contributed by atoms with Crippen LogP contribution in [0.3, 0.4) is 0 Å². The van der Waals surface area contributed by atoms with Crippen LogP contribution in [0.5, 0.6) is 0 Å². The molecule has 1 aromatic carbocycles. The maximum Gasteiger partial charge on any atom is 0.416 e. The molecular weight excluding hydrogens is 409 g/mol. The van der Waals surface area contributed by atoms with Crippen molar-refractivity contribution in [1.82, 2.24) is 9.71 Å². The van der Waals surface area contributed by atoms with E-state index in [1.807, 2.05) is 9.62 Å². The quantitative estimate of drug-likeness (QED) is 0.738. The Kier molecular flexibility index (Phi) is 6.08. The third kappa shape index (κ3) is 5.24. The van der Waals surface area contributed by atoms with Gasteiger partial charge in [-0.05, 0) is 43.2 Å². The first-order chi connectivity index (χ1) is 13.7. The zero-order valence-electron chi connectivity index (χ0n) is 15.2. The number of anilines is 2. The summed E-state index contributed by atoms with van der Waals surface area (Å²) >= 11 is 0. The zero-order valence-corrected chi connectivity index (χ0v) is 16.1. The molecule has 0 aliphatic carbocycles. The zero-order chi connectivity index (χ0) is 21.1. The fraction of sp³-hybridized carbons (Fsp3) is 0.333. The molecule has 0 saturated carbocycles. The number of rotatable bonds is 6. The Bertz CT molecular complexity index is 990. The number of carbonyl (C=O) groups is 1. The summed E-state index contributed by atoms with van der Waals surface area (Å²) < 4.78 is 64.9. The summed E-state index contributed by atoms with van der Waals surface area (Å²) in [5.74, 6) is -0.0620.